The van der Waals surface area contributed by atoms with Crippen molar-refractivity contribution in [2.24, 2.45) is 0 Å². The number of H-pyrrole nitrogens is 1. The molecule has 16 heavy (non-hydrogen) atoms. The first-order valence-corrected chi connectivity index (χ1v) is 4.15. The Morgan fingerprint density at radius 1 is 1.19 bits per heavy atom. The van der Waals surface area contributed by atoms with Gasteiger partial charge in [0.15, 0.2) is 23.1 Å². The molecule has 0 bridgehead atoms. The lowest BCUT2D eigenvalue weighted by Gasteiger charge is -2.01. The lowest BCUT2D eigenvalue weighted by atomic mass is 10.1. The molecule has 1 heterocycles. The van der Waals surface area contributed by atoms with Crippen molar-refractivity contribution >= 4 is 5.78 Å². The van der Waals surface area contributed by atoms with E-state index in [2.05, 4.69) is 15.4 Å². The Bertz CT molecular complexity index is 539. The fraction of sp³-hybridized carbons (Fsp3) is 0. The minimum atomic E-state index is -1.69. The van der Waals surface area contributed by atoms with Gasteiger partial charge in [-0.05, 0) is 12.1 Å². The third kappa shape index (κ3) is 1.56. The van der Waals surface area contributed by atoms with Crippen LogP contribution in [0.1, 0.15) is 16.1 Å². The van der Waals surface area contributed by atoms with Crippen LogP contribution in [0, 0.1) is 17.5 Å². The SMILES string of the molecule is O=C(c1cn[nH]n1)c1ccc(F)c(F)c1F. The van der Waals surface area contributed by atoms with Crippen LogP contribution < -0.4 is 0 Å². The summed E-state index contributed by atoms with van der Waals surface area (Å²) >= 11 is 0. The summed E-state index contributed by atoms with van der Waals surface area (Å²) < 4.78 is 38.7. The summed E-state index contributed by atoms with van der Waals surface area (Å²) in [7, 11) is 0. The number of carbonyl (C=O) groups is 1. The van der Waals surface area contributed by atoms with E-state index in [1.54, 1.807) is 0 Å². The van der Waals surface area contributed by atoms with Gasteiger partial charge in [-0.3, -0.25) is 4.79 Å². The number of aromatic nitrogens is 3. The smallest absolute Gasteiger partial charge is 0.217 e. The van der Waals surface area contributed by atoms with E-state index in [4.69, 9.17) is 0 Å². The van der Waals surface area contributed by atoms with Gasteiger partial charge in [0.05, 0.1) is 11.8 Å². The van der Waals surface area contributed by atoms with Crippen LogP contribution in [0.25, 0.3) is 0 Å². The van der Waals surface area contributed by atoms with E-state index in [9.17, 15) is 18.0 Å². The van der Waals surface area contributed by atoms with Gasteiger partial charge in [0, 0.05) is 0 Å². The van der Waals surface area contributed by atoms with Crippen molar-refractivity contribution in [3.8, 4) is 0 Å². The highest BCUT2D eigenvalue weighted by Crippen LogP contribution is 2.17. The molecule has 1 aromatic heterocycles. The molecule has 2 aromatic rings. The van der Waals surface area contributed by atoms with Gasteiger partial charge in [0.25, 0.3) is 0 Å². The molecular formula is C9H4F3N3O. The highest BCUT2D eigenvalue weighted by Gasteiger charge is 2.21. The number of aromatic amines is 1. The molecule has 1 N–H and O–H groups in total. The van der Waals surface area contributed by atoms with Crippen molar-refractivity contribution in [3.05, 3.63) is 47.0 Å². The molecule has 0 spiro atoms. The van der Waals surface area contributed by atoms with Crippen LogP contribution in [-0.4, -0.2) is 21.2 Å². The van der Waals surface area contributed by atoms with Gasteiger partial charge >= 0.3 is 0 Å². The highest BCUT2D eigenvalue weighted by molar-refractivity contribution is 6.07. The molecule has 0 fully saturated rings. The molecule has 7 heteroatoms. The number of hydrogen-bond acceptors (Lipinski definition) is 3. The maximum Gasteiger partial charge on any atom is 0.217 e. The highest BCUT2D eigenvalue weighted by atomic mass is 19.2. The number of ketones is 1. The Balaban J connectivity index is 2.50. The molecule has 0 saturated heterocycles. The van der Waals surface area contributed by atoms with Gasteiger partial charge in [0.2, 0.25) is 5.78 Å². The first-order chi connectivity index (χ1) is 7.61. The van der Waals surface area contributed by atoms with Crippen molar-refractivity contribution in [1.29, 1.82) is 0 Å². The second-order valence-corrected chi connectivity index (χ2v) is 2.91. The molecule has 0 aliphatic heterocycles. The normalized spacial score (nSPS) is 10.4. The topological polar surface area (TPSA) is 58.6 Å². The number of halogens is 3. The predicted molar refractivity (Wildman–Crippen MR) is 46.1 cm³/mol. The van der Waals surface area contributed by atoms with Gasteiger partial charge in [-0.2, -0.15) is 15.4 Å². The van der Waals surface area contributed by atoms with Crippen LogP contribution in [0.5, 0.6) is 0 Å². The molecule has 2 rings (SSSR count). The van der Waals surface area contributed by atoms with Crippen molar-refractivity contribution in [2.75, 3.05) is 0 Å². The molecule has 0 unspecified atom stereocenters. The number of nitrogens with zero attached hydrogens (tertiary/aromatic N) is 2. The quantitative estimate of drug-likeness (QED) is 0.624. The minimum Gasteiger partial charge on any atom is -0.287 e. The van der Waals surface area contributed by atoms with Gasteiger partial charge in [-0.1, -0.05) is 0 Å². The Kier molecular flexibility index (Phi) is 2.43. The Morgan fingerprint density at radius 2 is 1.94 bits per heavy atom. The van der Waals surface area contributed by atoms with E-state index in [1.165, 1.54) is 0 Å². The Morgan fingerprint density at radius 3 is 2.56 bits per heavy atom. The lowest BCUT2D eigenvalue weighted by molar-refractivity contribution is 0.102. The molecule has 0 aliphatic carbocycles. The maximum atomic E-state index is 13.2. The van der Waals surface area contributed by atoms with Crippen molar-refractivity contribution in [3.63, 3.8) is 0 Å². The zero-order valence-electron chi connectivity index (χ0n) is 7.67. The van der Waals surface area contributed by atoms with Crippen LogP contribution in [0.3, 0.4) is 0 Å². The van der Waals surface area contributed by atoms with E-state index < -0.39 is 28.8 Å². The predicted octanol–water partition coefficient (Wildman–Crippen LogP) is 1.45. The standard InChI is InChI=1S/C9H4F3N3O/c10-5-2-1-4(7(11)8(5)12)9(16)6-3-13-15-14-6/h1-3H,(H,13,14,15). The first kappa shape index (κ1) is 10.3. The molecule has 0 saturated carbocycles. The average Bonchev–Trinajstić information content (AvgIpc) is 2.79. The summed E-state index contributed by atoms with van der Waals surface area (Å²) in [6.45, 7) is 0. The Labute approximate surface area is 87.1 Å². The zero-order chi connectivity index (χ0) is 11.7. The van der Waals surface area contributed by atoms with Crippen LogP contribution in [-0.2, 0) is 0 Å². The van der Waals surface area contributed by atoms with Gasteiger partial charge in [-0.15, -0.1) is 0 Å². The molecular weight excluding hydrogens is 223 g/mol. The fourth-order valence-electron chi connectivity index (χ4n) is 1.15. The first-order valence-electron chi connectivity index (χ1n) is 4.15. The second kappa shape index (κ2) is 3.76. The van der Waals surface area contributed by atoms with Crippen molar-refractivity contribution < 1.29 is 18.0 Å². The summed E-state index contributed by atoms with van der Waals surface area (Å²) in [5.41, 5.74) is -0.766. The Hall–Kier alpha value is -2.18. The van der Waals surface area contributed by atoms with Crippen molar-refractivity contribution in [1.82, 2.24) is 15.4 Å². The lowest BCUT2D eigenvalue weighted by Crippen LogP contribution is -2.07. The molecule has 4 nitrogen and oxygen atoms in total. The van der Waals surface area contributed by atoms with Gasteiger partial charge in [-0.25, -0.2) is 13.2 Å². The molecule has 0 aliphatic rings. The van der Waals surface area contributed by atoms with Crippen LogP contribution in [0.15, 0.2) is 18.3 Å². The van der Waals surface area contributed by atoms with E-state index in [0.717, 1.165) is 12.3 Å². The van der Waals surface area contributed by atoms with Gasteiger partial charge in [0.1, 0.15) is 0 Å². The second-order valence-electron chi connectivity index (χ2n) is 2.91. The number of carbonyl (C=O) groups excluding carboxylic acids is 1. The summed E-state index contributed by atoms with van der Waals surface area (Å²) in [5, 5.41) is 8.92. The summed E-state index contributed by atoms with van der Waals surface area (Å²) in [4.78, 5) is 11.5. The van der Waals surface area contributed by atoms with E-state index >= 15 is 0 Å². The van der Waals surface area contributed by atoms with Crippen LogP contribution >= 0.6 is 0 Å². The number of hydrogen-bond donors (Lipinski definition) is 1. The number of nitrogens with one attached hydrogen (secondary N) is 1. The summed E-state index contributed by atoms with van der Waals surface area (Å²) in [5.74, 6) is -5.44. The molecule has 0 atom stereocenters. The van der Waals surface area contributed by atoms with E-state index in [-0.39, 0.29) is 5.69 Å². The minimum absolute atomic E-state index is 0.176. The van der Waals surface area contributed by atoms with Crippen LogP contribution in [0.4, 0.5) is 13.2 Å². The molecule has 0 amide bonds. The zero-order valence-corrected chi connectivity index (χ0v) is 7.67. The molecule has 82 valence electrons. The van der Waals surface area contributed by atoms with E-state index in [1.807, 2.05) is 0 Å². The van der Waals surface area contributed by atoms with Gasteiger partial charge < -0.3 is 0 Å². The largest absolute Gasteiger partial charge is 0.287 e. The summed E-state index contributed by atoms with van der Waals surface area (Å²) in [6, 6.07) is 1.52. The van der Waals surface area contributed by atoms with E-state index in [0.29, 0.717) is 6.07 Å². The monoisotopic (exact) mass is 227 g/mol. The number of rotatable bonds is 2. The van der Waals surface area contributed by atoms with Crippen molar-refractivity contribution in [2.45, 2.75) is 0 Å². The molecule has 1 aromatic carbocycles. The summed E-state index contributed by atoms with van der Waals surface area (Å²) in [6.07, 6.45) is 1.06. The third-order valence-electron chi connectivity index (χ3n) is 1.93. The third-order valence-corrected chi connectivity index (χ3v) is 1.93. The number of benzene rings is 1. The van der Waals surface area contributed by atoms with Crippen LogP contribution in [0.2, 0.25) is 0 Å². The maximum absolute atomic E-state index is 13.2. The average molecular weight is 227 g/mol. The fourth-order valence-corrected chi connectivity index (χ4v) is 1.15. The molecule has 0 radical (unpaired) electrons.